The molecule has 1 saturated carbocycles. The molecule has 0 spiro atoms. The second-order valence-corrected chi connectivity index (χ2v) is 6.36. The van der Waals surface area contributed by atoms with Gasteiger partial charge in [-0.05, 0) is 24.2 Å². The molecular formula is C14H25F3N2O2. The SMILES string of the molecule is CC1C(N)CCC(C(=O)NCCOCC(F)(F)F)C1(C)C. The number of carbonyl (C=O) groups excluding carboxylic acids is 1. The quantitative estimate of drug-likeness (QED) is 0.764. The van der Waals surface area contributed by atoms with E-state index in [4.69, 9.17) is 5.73 Å². The Hall–Kier alpha value is -0.820. The average Bonchev–Trinajstić information content (AvgIpc) is 2.34. The number of carbonyl (C=O) groups is 1. The molecular weight excluding hydrogens is 285 g/mol. The number of rotatable bonds is 5. The van der Waals surface area contributed by atoms with E-state index in [-0.39, 0.29) is 42.4 Å². The van der Waals surface area contributed by atoms with Crippen LogP contribution in [0.2, 0.25) is 0 Å². The summed E-state index contributed by atoms with van der Waals surface area (Å²) in [5.41, 5.74) is 5.81. The Morgan fingerprint density at radius 1 is 1.38 bits per heavy atom. The molecule has 0 heterocycles. The minimum absolute atomic E-state index is 0.0826. The molecule has 0 aromatic rings. The van der Waals surface area contributed by atoms with Crippen LogP contribution in [0.5, 0.6) is 0 Å². The molecule has 124 valence electrons. The Kier molecular flexibility index (Phi) is 6.04. The van der Waals surface area contributed by atoms with Gasteiger partial charge < -0.3 is 15.8 Å². The number of hydrogen-bond donors (Lipinski definition) is 2. The van der Waals surface area contributed by atoms with E-state index in [9.17, 15) is 18.0 Å². The first-order valence-corrected chi connectivity index (χ1v) is 7.23. The van der Waals surface area contributed by atoms with Crippen molar-refractivity contribution in [2.24, 2.45) is 23.0 Å². The van der Waals surface area contributed by atoms with Crippen LogP contribution in [-0.2, 0) is 9.53 Å². The van der Waals surface area contributed by atoms with Gasteiger partial charge >= 0.3 is 6.18 Å². The van der Waals surface area contributed by atoms with Gasteiger partial charge in [0.1, 0.15) is 6.61 Å². The van der Waals surface area contributed by atoms with Gasteiger partial charge in [-0.15, -0.1) is 0 Å². The Bertz CT molecular complexity index is 359. The lowest BCUT2D eigenvalue weighted by Gasteiger charge is -2.46. The number of nitrogens with two attached hydrogens (primary N) is 1. The number of halogens is 3. The monoisotopic (exact) mass is 310 g/mol. The average molecular weight is 310 g/mol. The lowest BCUT2D eigenvalue weighted by molar-refractivity contribution is -0.173. The second-order valence-electron chi connectivity index (χ2n) is 6.36. The lowest BCUT2D eigenvalue weighted by atomic mass is 9.61. The second kappa shape index (κ2) is 6.96. The summed E-state index contributed by atoms with van der Waals surface area (Å²) in [6, 6.07) is 0.0826. The molecule has 1 fully saturated rings. The van der Waals surface area contributed by atoms with Crippen LogP contribution in [-0.4, -0.2) is 37.9 Å². The van der Waals surface area contributed by atoms with Crippen LogP contribution in [0.1, 0.15) is 33.6 Å². The van der Waals surface area contributed by atoms with Gasteiger partial charge in [-0.1, -0.05) is 20.8 Å². The fraction of sp³-hybridized carbons (Fsp3) is 0.929. The first-order chi connectivity index (χ1) is 9.55. The van der Waals surface area contributed by atoms with Crippen LogP contribution in [0.25, 0.3) is 0 Å². The molecule has 0 aromatic carbocycles. The first-order valence-electron chi connectivity index (χ1n) is 7.23. The summed E-state index contributed by atoms with van der Waals surface area (Å²) in [7, 11) is 0. The van der Waals surface area contributed by atoms with Crippen molar-refractivity contribution in [3.05, 3.63) is 0 Å². The maximum Gasteiger partial charge on any atom is 0.411 e. The molecule has 1 amide bonds. The van der Waals surface area contributed by atoms with Gasteiger partial charge in [0.25, 0.3) is 0 Å². The maximum absolute atomic E-state index is 12.2. The molecule has 4 nitrogen and oxygen atoms in total. The summed E-state index contributed by atoms with van der Waals surface area (Å²) >= 11 is 0. The predicted octanol–water partition coefficient (Wildman–Crippen LogP) is 2.08. The minimum atomic E-state index is -4.33. The lowest BCUT2D eigenvalue weighted by Crippen LogP contribution is -2.51. The van der Waals surface area contributed by atoms with E-state index in [2.05, 4.69) is 10.1 Å². The van der Waals surface area contributed by atoms with Crippen LogP contribution >= 0.6 is 0 Å². The van der Waals surface area contributed by atoms with Crippen LogP contribution in [0.15, 0.2) is 0 Å². The summed E-state index contributed by atoms with van der Waals surface area (Å²) < 4.78 is 40.1. The molecule has 0 bridgehead atoms. The van der Waals surface area contributed by atoms with E-state index in [1.54, 1.807) is 0 Å². The van der Waals surface area contributed by atoms with E-state index < -0.39 is 12.8 Å². The number of ether oxygens (including phenoxy) is 1. The van der Waals surface area contributed by atoms with Crippen molar-refractivity contribution in [2.75, 3.05) is 19.8 Å². The molecule has 3 atom stereocenters. The van der Waals surface area contributed by atoms with Crippen LogP contribution in [0.4, 0.5) is 13.2 Å². The fourth-order valence-corrected chi connectivity index (χ4v) is 2.88. The van der Waals surface area contributed by atoms with E-state index in [0.29, 0.717) is 6.42 Å². The van der Waals surface area contributed by atoms with Crippen LogP contribution in [0.3, 0.4) is 0 Å². The van der Waals surface area contributed by atoms with Crippen molar-refractivity contribution in [1.29, 1.82) is 0 Å². The number of alkyl halides is 3. The third kappa shape index (κ3) is 5.14. The first kappa shape index (κ1) is 18.2. The highest BCUT2D eigenvalue weighted by Gasteiger charge is 2.44. The largest absolute Gasteiger partial charge is 0.411 e. The normalized spacial score (nSPS) is 29.2. The molecule has 0 aromatic heterocycles. The van der Waals surface area contributed by atoms with Gasteiger partial charge in [-0.25, -0.2) is 0 Å². The van der Waals surface area contributed by atoms with Crippen molar-refractivity contribution in [3.63, 3.8) is 0 Å². The van der Waals surface area contributed by atoms with Gasteiger partial charge in [0.15, 0.2) is 0 Å². The van der Waals surface area contributed by atoms with Crippen molar-refractivity contribution < 1.29 is 22.7 Å². The van der Waals surface area contributed by atoms with Crippen LogP contribution < -0.4 is 11.1 Å². The summed E-state index contributed by atoms with van der Waals surface area (Å²) in [5, 5.41) is 2.66. The number of amides is 1. The maximum atomic E-state index is 12.2. The highest BCUT2D eigenvalue weighted by Crippen LogP contribution is 2.44. The highest BCUT2D eigenvalue weighted by atomic mass is 19.4. The van der Waals surface area contributed by atoms with Gasteiger partial charge in [-0.3, -0.25) is 4.79 Å². The van der Waals surface area contributed by atoms with Gasteiger partial charge in [0.2, 0.25) is 5.91 Å². The van der Waals surface area contributed by atoms with E-state index in [1.165, 1.54) is 0 Å². The zero-order valence-corrected chi connectivity index (χ0v) is 12.8. The predicted molar refractivity (Wildman–Crippen MR) is 73.5 cm³/mol. The van der Waals surface area contributed by atoms with E-state index in [1.807, 2.05) is 20.8 Å². The van der Waals surface area contributed by atoms with Gasteiger partial charge in [0, 0.05) is 18.5 Å². The van der Waals surface area contributed by atoms with E-state index >= 15 is 0 Å². The standard InChI is InChI=1S/C14H25F3N2O2/c1-9-11(18)5-4-10(13(9,2)3)12(20)19-6-7-21-8-14(15,16)17/h9-11H,4-8,18H2,1-3H3,(H,19,20). The Labute approximate surface area is 123 Å². The number of hydrogen-bond acceptors (Lipinski definition) is 3. The minimum Gasteiger partial charge on any atom is -0.370 e. The molecule has 1 aliphatic rings. The van der Waals surface area contributed by atoms with Crippen LogP contribution in [0, 0.1) is 17.3 Å². The van der Waals surface area contributed by atoms with Gasteiger partial charge in [-0.2, -0.15) is 13.2 Å². The topological polar surface area (TPSA) is 64.4 Å². The van der Waals surface area contributed by atoms with E-state index in [0.717, 1.165) is 6.42 Å². The van der Waals surface area contributed by atoms with Crippen molar-refractivity contribution in [2.45, 2.75) is 45.8 Å². The summed E-state index contributed by atoms with van der Waals surface area (Å²) in [5.74, 6) is -0.0900. The zero-order chi connectivity index (χ0) is 16.3. The number of nitrogens with one attached hydrogen (secondary N) is 1. The molecule has 3 N–H and O–H groups in total. The molecule has 0 aliphatic heterocycles. The zero-order valence-electron chi connectivity index (χ0n) is 12.8. The Morgan fingerprint density at radius 2 is 2.00 bits per heavy atom. The Balaban J connectivity index is 2.38. The Morgan fingerprint density at radius 3 is 2.57 bits per heavy atom. The third-order valence-electron chi connectivity index (χ3n) is 4.63. The molecule has 7 heteroatoms. The fourth-order valence-electron chi connectivity index (χ4n) is 2.88. The molecule has 3 unspecified atom stereocenters. The molecule has 0 saturated heterocycles. The van der Waals surface area contributed by atoms with Crippen molar-refractivity contribution in [1.82, 2.24) is 5.32 Å². The van der Waals surface area contributed by atoms with Crippen molar-refractivity contribution in [3.8, 4) is 0 Å². The molecule has 1 rings (SSSR count). The summed E-state index contributed by atoms with van der Waals surface area (Å²) in [6.07, 6.45) is -2.85. The molecule has 1 aliphatic carbocycles. The molecule has 0 radical (unpaired) electrons. The summed E-state index contributed by atoms with van der Waals surface area (Å²) in [4.78, 5) is 12.2. The van der Waals surface area contributed by atoms with Crippen molar-refractivity contribution >= 4 is 5.91 Å². The summed E-state index contributed by atoms with van der Waals surface area (Å²) in [6.45, 7) is 4.72. The van der Waals surface area contributed by atoms with Gasteiger partial charge in [0.05, 0.1) is 6.61 Å². The molecule has 21 heavy (non-hydrogen) atoms. The third-order valence-corrected chi connectivity index (χ3v) is 4.63. The smallest absolute Gasteiger partial charge is 0.370 e. The highest BCUT2D eigenvalue weighted by molar-refractivity contribution is 5.79.